The minimum atomic E-state index is -3.40. The van der Waals surface area contributed by atoms with E-state index in [0.717, 1.165) is 0 Å². The first-order valence-electron chi connectivity index (χ1n) is 7.53. The van der Waals surface area contributed by atoms with E-state index in [2.05, 4.69) is 5.32 Å². The van der Waals surface area contributed by atoms with Crippen molar-refractivity contribution in [3.05, 3.63) is 63.7 Å². The summed E-state index contributed by atoms with van der Waals surface area (Å²) in [5.74, 6) is -0.480. The predicted molar refractivity (Wildman–Crippen MR) is 94.6 cm³/mol. The summed E-state index contributed by atoms with van der Waals surface area (Å²) in [6, 6.07) is 9.97. The van der Waals surface area contributed by atoms with E-state index in [4.69, 9.17) is 0 Å². The van der Waals surface area contributed by atoms with E-state index < -0.39 is 25.9 Å². The first-order valence-corrected chi connectivity index (χ1v) is 9.08. The van der Waals surface area contributed by atoms with E-state index in [0.29, 0.717) is 11.3 Å². The average molecular weight is 362 g/mol. The molecule has 1 N–H and O–H groups in total. The fourth-order valence-electron chi connectivity index (χ4n) is 2.16. The topological polar surface area (TPSA) is 106 Å². The summed E-state index contributed by atoms with van der Waals surface area (Å²) in [6.45, 7) is 4.78. The fourth-order valence-corrected chi connectivity index (χ4v) is 3.22. The van der Waals surface area contributed by atoms with Gasteiger partial charge < -0.3 is 5.32 Å². The normalized spacial score (nSPS) is 11.4. The number of carbonyl (C=O) groups excluding carboxylic acids is 1. The van der Waals surface area contributed by atoms with Gasteiger partial charge in [-0.3, -0.25) is 14.9 Å². The van der Waals surface area contributed by atoms with Crippen molar-refractivity contribution in [1.82, 2.24) is 0 Å². The van der Waals surface area contributed by atoms with Gasteiger partial charge in [0.2, 0.25) is 0 Å². The summed E-state index contributed by atoms with van der Waals surface area (Å²) in [5, 5.41) is 13.0. The monoisotopic (exact) mass is 362 g/mol. The molecule has 0 aliphatic heterocycles. The second kappa shape index (κ2) is 7.02. The molecule has 0 saturated heterocycles. The number of nitro groups is 1. The van der Waals surface area contributed by atoms with Gasteiger partial charge >= 0.3 is 0 Å². The van der Waals surface area contributed by atoms with Crippen molar-refractivity contribution in [3.63, 3.8) is 0 Å². The quantitative estimate of drug-likeness (QED) is 0.648. The van der Waals surface area contributed by atoms with Gasteiger partial charge in [-0.2, -0.15) is 0 Å². The van der Waals surface area contributed by atoms with Crippen molar-refractivity contribution in [2.45, 2.75) is 30.9 Å². The van der Waals surface area contributed by atoms with E-state index in [1.807, 2.05) is 0 Å². The third kappa shape index (κ3) is 4.03. The highest BCUT2D eigenvalue weighted by atomic mass is 32.2. The number of aryl methyl sites for hydroxylation is 1. The highest BCUT2D eigenvalue weighted by Crippen LogP contribution is 2.23. The number of hydrogen-bond donors (Lipinski definition) is 1. The number of nitrogens with zero attached hydrogens (tertiary/aromatic N) is 1. The van der Waals surface area contributed by atoms with Crippen LogP contribution in [0.5, 0.6) is 0 Å². The Balaban J connectivity index is 2.22. The van der Waals surface area contributed by atoms with Crippen LogP contribution >= 0.6 is 0 Å². The fraction of sp³-hybridized carbons (Fsp3) is 0.235. The number of anilines is 1. The molecule has 0 fully saturated rings. The molecule has 132 valence electrons. The van der Waals surface area contributed by atoms with E-state index in [1.165, 1.54) is 30.3 Å². The highest BCUT2D eigenvalue weighted by molar-refractivity contribution is 7.92. The molecule has 8 heteroatoms. The Labute approximate surface area is 145 Å². The first kappa shape index (κ1) is 18.6. The molecule has 0 bridgehead atoms. The molecule has 2 aromatic carbocycles. The van der Waals surface area contributed by atoms with Gasteiger partial charge in [-0.15, -0.1) is 0 Å². The minimum absolute atomic E-state index is 0.0869. The van der Waals surface area contributed by atoms with Gasteiger partial charge in [-0.25, -0.2) is 8.42 Å². The Bertz CT molecular complexity index is 919. The van der Waals surface area contributed by atoms with Crippen LogP contribution in [0.15, 0.2) is 47.4 Å². The van der Waals surface area contributed by atoms with E-state index >= 15 is 0 Å². The smallest absolute Gasteiger partial charge is 0.274 e. The molecule has 7 nitrogen and oxygen atoms in total. The Morgan fingerprint density at radius 2 is 1.72 bits per heavy atom. The third-order valence-electron chi connectivity index (χ3n) is 3.73. The Hall–Kier alpha value is -2.74. The van der Waals surface area contributed by atoms with E-state index in [9.17, 15) is 23.3 Å². The molecule has 0 spiro atoms. The summed E-state index contributed by atoms with van der Waals surface area (Å²) in [5.41, 5.74) is 0.953. The largest absolute Gasteiger partial charge is 0.322 e. The van der Waals surface area contributed by atoms with Crippen LogP contribution < -0.4 is 5.32 Å². The number of benzene rings is 2. The van der Waals surface area contributed by atoms with Crippen LogP contribution in [0.4, 0.5) is 11.4 Å². The van der Waals surface area contributed by atoms with E-state index in [1.54, 1.807) is 32.9 Å². The van der Waals surface area contributed by atoms with E-state index in [-0.39, 0.29) is 16.1 Å². The van der Waals surface area contributed by atoms with Gasteiger partial charge in [-0.05, 0) is 51.1 Å². The SMILES string of the molecule is Cc1ccc(NC(=O)c2ccc(S(=O)(=O)C(C)C)cc2)cc1[N+](=O)[O-]. The molecule has 0 aliphatic rings. The first-order chi connectivity index (χ1) is 11.6. The van der Waals surface area contributed by atoms with Crippen molar-refractivity contribution in [2.75, 3.05) is 5.32 Å². The number of sulfone groups is 1. The number of nitrogens with one attached hydrogen (secondary N) is 1. The molecule has 1 amide bonds. The third-order valence-corrected chi connectivity index (χ3v) is 5.90. The summed E-state index contributed by atoms with van der Waals surface area (Å²) in [6.07, 6.45) is 0. The zero-order valence-electron chi connectivity index (χ0n) is 14.0. The molecule has 25 heavy (non-hydrogen) atoms. The number of rotatable bonds is 5. The van der Waals surface area contributed by atoms with Crippen LogP contribution in [0.2, 0.25) is 0 Å². The van der Waals surface area contributed by atoms with Gasteiger partial charge in [0.15, 0.2) is 9.84 Å². The second-order valence-corrected chi connectivity index (χ2v) is 8.33. The zero-order chi connectivity index (χ0) is 18.8. The number of nitro benzene ring substituents is 1. The van der Waals surface area contributed by atoms with Gasteiger partial charge in [0.1, 0.15) is 0 Å². The summed E-state index contributed by atoms with van der Waals surface area (Å²) < 4.78 is 24.1. The van der Waals surface area contributed by atoms with Crippen LogP contribution in [0.25, 0.3) is 0 Å². The lowest BCUT2D eigenvalue weighted by atomic mass is 10.1. The molecule has 0 unspecified atom stereocenters. The van der Waals surface area contributed by atoms with Crippen LogP contribution in [-0.2, 0) is 9.84 Å². The molecule has 0 saturated carbocycles. The summed E-state index contributed by atoms with van der Waals surface area (Å²) in [7, 11) is -3.40. The second-order valence-electron chi connectivity index (χ2n) is 5.83. The number of carbonyl (C=O) groups is 1. The average Bonchev–Trinajstić information content (AvgIpc) is 2.56. The maximum atomic E-state index is 12.2. The van der Waals surface area contributed by atoms with Crippen molar-refractivity contribution in [2.24, 2.45) is 0 Å². The molecule has 0 heterocycles. The van der Waals surface area contributed by atoms with Gasteiger partial charge in [-0.1, -0.05) is 6.07 Å². The predicted octanol–water partition coefficient (Wildman–Crippen LogP) is 3.34. The van der Waals surface area contributed by atoms with Gasteiger partial charge in [0, 0.05) is 22.9 Å². The summed E-state index contributed by atoms with van der Waals surface area (Å²) in [4.78, 5) is 22.8. The molecular weight excluding hydrogens is 344 g/mol. The molecule has 0 radical (unpaired) electrons. The lowest BCUT2D eigenvalue weighted by Gasteiger charge is -2.09. The zero-order valence-corrected chi connectivity index (χ0v) is 14.8. The van der Waals surface area contributed by atoms with Crippen molar-refractivity contribution in [3.8, 4) is 0 Å². The molecule has 0 aromatic heterocycles. The van der Waals surface area contributed by atoms with Crippen molar-refractivity contribution in [1.29, 1.82) is 0 Å². The maximum Gasteiger partial charge on any atom is 0.274 e. The summed E-state index contributed by atoms with van der Waals surface area (Å²) >= 11 is 0. The molecule has 0 aliphatic carbocycles. The van der Waals surface area contributed by atoms with Gasteiger partial charge in [0.05, 0.1) is 15.1 Å². The van der Waals surface area contributed by atoms with Crippen LogP contribution in [-0.4, -0.2) is 24.5 Å². The van der Waals surface area contributed by atoms with Gasteiger partial charge in [0.25, 0.3) is 11.6 Å². The lowest BCUT2D eigenvalue weighted by Crippen LogP contribution is -2.15. The van der Waals surface area contributed by atoms with Crippen LogP contribution in [0, 0.1) is 17.0 Å². The standard InChI is InChI=1S/C17H18N2O5S/c1-11(2)25(23,24)15-8-5-13(6-9-15)17(20)18-14-7-4-12(3)16(10-14)19(21)22/h4-11H,1-3H3,(H,18,20). The molecular formula is C17H18N2O5S. The Morgan fingerprint density at radius 3 is 2.24 bits per heavy atom. The highest BCUT2D eigenvalue weighted by Gasteiger charge is 2.19. The lowest BCUT2D eigenvalue weighted by molar-refractivity contribution is -0.385. The Morgan fingerprint density at radius 1 is 1.12 bits per heavy atom. The van der Waals surface area contributed by atoms with Crippen molar-refractivity contribution >= 4 is 27.1 Å². The van der Waals surface area contributed by atoms with Crippen LogP contribution in [0.3, 0.4) is 0 Å². The molecule has 2 rings (SSSR count). The molecule has 2 aromatic rings. The number of amides is 1. The minimum Gasteiger partial charge on any atom is -0.322 e. The number of hydrogen-bond acceptors (Lipinski definition) is 5. The Kier molecular flexibility index (Phi) is 5.22. The van der Waals surface area contributed by atoms with Crippen molar-refractivity contribution < 1.29 is 18.1 Å². The maximum absolute atomic E-state index is 12.2. The van der Waals surface area contributed by atoms with Crippen LogP contribution in [0.1, 0.15) is 29.8 Å². The molecule has 0 atom stereocenters.